The number of hydrogen-bond donors (Lipinski definition) is 1. The van der Waals surface area contributed by atoms with Gasteiger partial charge in [-0.1, -0.05) is 23.2 Å². The SMILES string of the molecule is Cc1c(Cl)cc(N2C(=O)NC(C3CCOCC3)C2=O)cc1Cl. The maximum Gasteiger partial charge on any atom is 0.329 e. The van der Waals surface area contributed by atoms with Crippen molar-refractivity contribution in [3.05, 3.63) is 27.7 Å². The largest absolute Gasteiger partial charge is 0.381 e. The van der Waals surface area contributed by atoms with Crippen molar-refractivity contribution in [2.24, 2.45) is 5.92 Å². The van der Waals surface area contributed by atoms with Crippen molar-refractivity contribution in [3.63, 3.8) is 0 Å². The van der Waals surface area contributed by atoms with Crippen LogP contribution in [0.2, 0.25) is 10.0 Å². The number of carbonyl (C=O) groups is 2. The summed E-state index contributed by atoms with van der Waals surface area (Å²) in [5.41, 5.74) is 1.12. The highest BCUT2D eigenvalue weighted by Crippen LogP contribution is 2.33. The second-order valence-corrected chi connectivity index (χ2v) is 6.40. The Hall–Kier alpha value is -1.30. The highest BCUT2D eigenvalue weighted by molar-refractivity contribution is 6.37. The zero-order valence-corrected chi connectivity index (χ0v) is 13.6. The number of halogens is 2. The maximum atomic E-state index is 12.6. The van der Waals surface area contributed by atoms with E-state index in [9.17, 15) is 9.59 Å². The van der Waals surface area contributed by atoms with Gasteiger partial charge in [0.25, 0.3) is 5.91 Å². The molecule has 1 unspecified atom stereocenters. The molecule has 3 amide bonds. The summed E-state index contributed by atoms with van der Waals surface area (Å²) in [5.74, 6) is -0.153. The van der Waals surface area contributed by atoms with Crippen molar-refractivity contribution in [3.8, 4) is 0 Å². The number of ether oxygens (including phenoxy) is 1. The van der Waals surface area contributed by atoms with Gasteiger partial charge in [0, 0.05) is 23.3 Å². The Morgan fingerprint density at radius 1 is 1.18 bits per heavy atom. The molecule has 22 heavy (non-hydrogen) atoms. The molecule has 0 aromatic heterocycles. The van der Waals surface area contributed by atoms with E-state index >= 15 is 0 Å². The zero-order valence-electron chi connectivity index (χ0n) is 12.1. The van der Waals surface area contributed by atoms with E-state index in [1.165, 1.54) is 0 Å². The number of nitrogens with zero attached hydrogens (tertiary/aromatic N) is 1. The molecule has 1 aromatic carbocycles. The van der Waals surface area contributed by atoms with Gasteiger partial charge < -0.3 is 10.1 Å². The number of anilines is 1. The first-order chi connectivity index (χ1) is 10.5. The van der Waals surface area contributed by atoms with Gasteiger partial charge in [-0.25, -0.2) is 9.69 Å². The number of nitrogens with one attached hydrogen (secondary N) is 1. The van der Waals surface area contributed by atoms with E-state index in [0.29, 0.717) is 28.9 Å². The first kappa shape index (κ1) is 15.6. The van der Waals surface area contributed by atoms with Crippen LogP contribution in [-0.2, 0) is 9.53 Å². The van der Waals surface area contributed by atoms with Gasteiger partial charge in [0.05, 0.1) is 5.69 Å². The first-order valence-corrected chi connectivity index (χ1v) is 7.92. The third-order valence-corrected chi connectivity index (χ3v) is 5.01. The number of imide groups is 1. The molecule has 0 radical (unpaired) electrons. The molecule has 7 heteroatoms. The molecule has 1 aromatic rings. The summed E-state index contributed by atoms with van der Waals surface area (Å²) in [6, 6.07) is 2.24. The fourth-order valence-corrected chi connectivity index (χ4v) is 3.35. The third kappa shape index (κ3) is 2.69. The quantitative estimate of drug-likeness (QED) is 0.840. The van der Waals surface area contributed by atoms with Crippen LogP contribution < -0.4 is 10.2 Å². The van der Waals surface area contributed by atoms with E-state index in [1.54, 1.807) is 19.1 Å². The number of hydrogen-bond acceptors (Lipinski definition) is 3. The van der Waals surface area contributed by atoms with Gasteiger partial charge in [-0.15, -0.1) is 0 Å². The van der Waals surface area contributed by atoms with Crippen molar-refractivity contribution in [2.75, 3.05) is 18.1 Å². The predicted molar refractivity (Wildman–Crippen MR) is 84.5 cm³/mol. The van der Waals surface area contributed by atoms with Crippen LogP contribution in [0, 0.1) is 12.8 Å². The van der Waals surface area contributed by atoms with Crippen molar-refractivity contribution >= 4 is 40.8 Å². The normalized spacial score (nSPS) is 23.0. The highest BCUT2D eigenvalue weighted by atomic mass is 35.5. The average Bonchev–Trinajstić information content (AvgIpc) is 2.80. The molecule has 1 atom stereocenters. The molecule has 0 bridgehead atoms. The second kappa shape index (κ2) is 6.07. The molecule has 118 valence electrons. The monoisotopic (exact) mass is 342 g/mol. The summed E-state index contributed by atoms with van der Waals surface area (Å²) in [7, 11) is 0. The van der Waals surface area contributed by atoms with Crippen LogP contribution in [0.25, 0.3) is 0 Å². The Balaban J connectivity index is 1.88. The van der Waals surface area contributed by atoms with Gasteiger partial charge >= 0.3 is 6.03 Å². The fourth-order valence-electron chi connectivity index (χ4n) is 2.87. The number of carbonyl (C=O) groups excluding carboxylic acids is 2. The van der Waals surface area contributed by atoms with Gasteiger partial charge in [-0.05, 0) is 43.4 Å². The molecule has 2 heterocycles. The molecule has 2 fully saturated rings. The molecule has 3 rings (SSSR count). The minimum absolute atomic E-state index is 0.103. The van der Waals surface area contributed by atoms with Crippen molar-refractivity contribution in [2.45, 2.75) is 25.8 Å². The summed E-state index contributed by atoms with van der Waals surface area (Å²) in [5, 5.41) is 3.63. The molecule has 0 aliphatic carbocycles. The topological polar surface area (TPSA) is 58.6 Å². The average molecular weight is 343 g/mol. The summed E-state index contributed by atoms with van der Waals surface area (Å²) in [4.78, 5) is 26.0. The Morgan fingerprint density at radius 3 is 2.36 bits per heavy atom. The highest BCUT2D eigenvalue weighted by Gasteiger charge is 2.43. The van der Waals surface area contributed by atoms with E-state index in [-0.39, 0.29) is 11.8 Å². The van der Waals surface area contributed by atoms with Crippen LogP contribution >= 0.6 is 23.2 Å². The molecule has 2 saturated heterocycles. The minimum atomic E-state index is -0.504. The van der Waals surface area contributed by atoms with Crippen LogP contribution in [0.15, 0.2) is 12.1 Å². The lowest BCUT2D eigenvalue weighted by Gasteiger charge is -2.25. The predicted octanol–water partition coefficient (Wildman–Crippen LogP) is 3.15. The molecular formula is C15H16Cl2N2O3. The van der Waals surface area contributed by atoms with Crippen molar-refractivity contribution < 1.29 is 14.3 Å². The number of rotatable bonds is 2. The van der Waals surface area contributed by atoms with E-state index in [2.05, 4.69) is 5.32 Å². The van der Waals surface area contributed by atoms with Gasteiger partial charge in [0.2, 0.25) is 0 Å². The molecule has 1 N–H and O–H groups in total. The Labute approximate surface area is 138 Å². The number of benzene rings is 1. The smallest absolute Gasteiger partial charge is 0.329 e. The Bertz CT molecular complexity index is 606. The Morgan fingerprint density at radius 2 is 1.77 bits per heavy atom. The summed E-state index contributed by atoms with van der Waals surface area (Å²) in [6.07, 6.45) is 1.53. The summed E-state index contributed by atoms with van der Waals surface area (Å²) >= 11 is 12.2. The van der Waals surface area contributed by atoms with Crippen LogP contribution in [0.3, 0.4) is 0 Å². The summed E-state index contributed by atoms with van der Waals surface area (Å²) in [6.45, 7) is 3.02. The first-order valence-electron chi connectivity index (χ1n) is 7.17. The van der Waals surface area contributed by atoms with E-state index < -0.39 is 12.1 Å². The molecule has 5 nitrogen and oxygen atoms in total. The molecule has 2 aliphatic rings. The third-order valence-electron chi connectivity index (χ3n) is 4.23. The lowest BCUT2D eigenvalue weighted by Crippen LogP contribution is -2.40. The van der Waals surface area contributed by atoms with E-state index in [0.717, 1.165) is 23.3 Å². The minimum Gasteiger partial charge on any atom is -0.381 e. The van der Waals surface area contributed by atoms with Crippen LogP contribution in [0.1, 0.15) is 18.4 Å². The van der Waals surface area contributed by atoms with Gasteiger partial charge in [-0.3, -0.25) is 4.79 Å². The van der Waals surface area contributed by atoms with Crippen molar-refractivity contribution in [1.82, 2.24) is 5.32 Å². The maximum absolute atomic E-state index is 12.6. The number of amides is 3. The van der Waals surface area contributed by atoms with E-state index in [4.69, 9.17) is 27.9 Å². The molecule has 2 aliphatic heterocycles. The number of urea groups is 1. The summed E-state index contributed by atoms with van der Waals surface area (Å²) < 4.78 is 5.30. The molecular weight excluding hydrogens is 327 g/mol. The van der Waals surface area contributed by atoms with E-state index in [1.807, 2.05) is 0 Å². The standard InChI is InChI=1S/C15H16Cl2N2O3/c1-8-11(16)6-10(7-12(8)17)19-14(20)13(18-15(19)21)9-2-4-22-5-3-9/h6-7,9,13H,2-5H2,1H3,(H,18,21). The zero-order chi connectivity index (χ0) is 15.9. The fraction of sp³-hybridized carbons (Fsp3) is 0.467. The lowest BCUT2D eigenvalue weighted by molar-refractivity contribution is -0.120. The second-order valence-electron chi connectivity index (χ2n) is 5.59. The van der Waals surface area contributed by atoms with Crippen molar-refractivity contribution in [1.29, 1.82) is 0 Å². The van der Waals surface area contributed by atoms with Crippen LogP contribution in [-0.4, -0.2) is 31.2 Å². The van der Waals surface area contributed by atoms with Gasteiger partial charge in [-0.2, -0.15) is 0 Å². The van der Waals surface area contributed by atoms with Crippen LogP contribution in [0.5, 0.6) is 0 Å². The van der Waals surface area contributed by atoms with Crippen LogP contribution in [0.4, 0.5) is 10.5 Å². The van der Waals surface area contributed by atoms with Gasteiger partial charge in [0.1, 0.15) is 6.04 Å². The molecule has 0 saturated carbocycles. The lowest BCUT2D eigenvalue weighted by atomic mass is 9.92. The van der Waals surface area contributed by atoms with Gasteiger partial charge in [0.15, 0.2) is 0 Å². The molecule has 0 spiro atoms. The Kier molecular flexibility index (Phi) is 4.30.